The van der Waals surface area contributed by atoms with E-state index in [0.717, 1.165) is 17.2 Å². The molecule has 2 aromatic rings. The summed E-state index contributed by atoms with van der Waals surface area (Å²) < 4.78 is 34.9. The van der Waals surface area contributed by atoms with Crippen molar-refractivity contribution in [3.05, 3.63) is 41.5 Å². The maximum Gasteiger partial charge on any atom is 0.243 e. The summed E-state index contributed by atoms with van der Waals surface area (Å²) in [6.07, 6.45) is 0.530. The molecule has 130 valence electrons. The number of hydrogen-bond acceptors (Lipinski definition) is 5. The van der Waals surface area contributed by atoms with Gasteiger partial charge in [0.2, 0.25) is 10.0 Å². The molecule has 0 unspecified atom stereocenters. The number of fused-ring (bicyclic) bond motifs is 1. The summed E-state index contributed by atoms with van der Waals surface area (Å²) in [5, 5.41) is 8.35. The van der Waals surface area contributed by atoms with Crippen molar-refractivity contribution in [1.29, 1.82) is 0 Å². The molecule has 0 N–H and O–H groups in total. The first-order chi connectivity index (χ1) is 11.4. The molecule has 0 bridgehead atoms. The minimum atomic E-state index is -3.55. The second-order valence-corrected chi connectivity index (χ2v) is 7.91. The summed E-state index contributed by atoms with van der Waals surface area (Å²) >= 11 is 0. The molecule has 1 aliphatic rings. The van der Waals surface area contributed by atoms with Gasteiger partial charge in [-0.15, -0.1) is 10.2 Å². The van der Waals surface area contributed by atoms with Crippen LogP contribution < -0.4 is 0 Å². The molecule has 1 aromatic heterocycles. The SMILES string of the molecule is COCc1nnc2n1CCN(S(=O)(=O)c1ccccc1C)[C@@H](C)C2. The van der Waals surface area contributed by atoms with Gasteiger partial charge in [0.05, 0.1) is 4.90 Å². The summed E-state index contributed by atoms with van der Waals surface area (Å²) in [5.41, 5.74) is 0.758. The highest BCUT2D eigenvalue weighted by molar-refractivity contribution is 7.89. The molecule has 1 atom stereocenters. The third-order valence-corrected chi connectivity index (χ3v) is 6.55. The first-order valence-corrected chi connectivity index (χ1v) is 9.36. The monoisotopic (exact) mass is 350 g/mol. The van der Waals surface area contributed by atoms with Crippen LogP contribution in [-0.4, -0.2) is 47.2 Å². The second kappa shape index (κ2) is 6.62. The fourth-order valence-corrected chi connectivity index (χ4v) is 4.98. The average molecular weight is 350 g/mol. The molecule has 1 aromatic carbocycles. The molecule has 0 radical (unpaired) electrons. The minimum Gasteiger partial charge on any atom is -0.377 e. The van der Waals surface area contributed by atoms with Crippen LogP contribution in [0.3, 0.4) is 0 Å². The molecule has 2 heterocycles. The first kappa shape index (κ1) is 17.1. The van der Waals surface area contributed by atoms with Gasteiger partial charge in [0.25, 0.3) is 0 Å². The molecule has 7 nitrogen and oxygen atoms in total. The van der Waals surface area contributed by atoms with Crippen LogP contribution in [-0.2, 0) is 34.3 Å². The summed E-state index contributed by atoms with van der Waals surface area (Å²) in [7, 11) is -1.94. The molecule has 0 saturated carbocycles. The molecule has 0 saturated heterocycles. The van der Waals surface area contributed by atoms with Gasteiger partial charge >= 0.3 is 0 Å². The molecule has 0 aliphatic carbocycles. The predicted molar refractivity (Wildman–Crippen MR) is 89.0 cm³/mol. The van der Waals surface area contributed by atoms with Gasteiger partial charge in [-0.25, -0.2) is 8.42 Å². The molecule has 0 amide bonds. The quantitative estimate of drug-likeness (QED) is 0.832. The van der Waals surface area contributed by atoms with Crippen LogP contribution in [0.5, 0.6) is 0 Å². The van der Waals surface area contributed by atoms with Crippen LogP contribution in [0.2, 0.25) is 0 Å². The van der Waals surface area contributed by atoms with E-state index >= 15 is 0 Å². The average Bonchev–Trinajstić information content (AvgIpc) is 2.81. The van der Waals surface area contributed by atoms with Crippen LogP contribution in [0.1, 0.15) is 24.1 Å². The highest BCUT2D eigenvalue weighted by atomic mass is 32.2. The number of aryl methyl sites for hydroxylation is 1. The van der Waals surface area contributed by atoms with E-state index in [1.165, 1.54) is 0 Å². The Morgan fingerprint density at radius 2 is 2.00 bits per heavy atom. The van der Waals surface area contributed by atoms with Gasteiger partial charge in [-0.2, -0.15) is 4.31 Å². The van der Waals surface area contributed by atoms with Crippen LogP contribution in [0, 0.1) is 6.92 Å². The highest BCUT2D eigenvalue weighted by Gasteiger charge is 2.33. The Balaban J connectivity index is 1.93. The van der Waals surface area contributed by atoms with Crippen molar-refractivity contribution >= 4 is 10.0 Å². The van der Waals surface area contributed by atoms with E-state index in [4.69, 9.17) is 4.74 Å². The molecule has 0 spiro atoms. The number of ether oxygens (including phenoxy) is 1. The zero-order chi connectivity index (χ0) is 17.3. The summed E-state index contributed by atoms with van der Waals surface area (Å²) in [5.74, 6) is 1.53. The first-order valence-electron chi connectivity index (χ1n) is 7.92. The maximum atomic E-state index is 13.1. The largest absolute Gasteiger partial charge is 0.377 e. The fourth-order valence-electron chi connectivity index (χ4n) is 3.13. The lowest BCUT2D eigenvalue weighted by atomic mass is 10.2. The predicted octanol–water partition coefficient (Wildman–Crippen LogP) is 1.37. The Kier molecular flexibility index (Phi) is 4.71. The van der Waals surface area contributed by atoms with Crippen molar-refractivity contribution in [2.75, 3.05) is 13.7 Å². The third-order valence-electron chi connectivity index (χ3n) is 4.37. The van der Waals surface area contributed by atoms with Crippen molar-refractivity contribution in [1.82, 2.24) is 19.1 Å². The Morgan fingerprint density at radius 3 is 2.71 bits per heavy atom. The van der Waals surface area contributed by atoms with Crippen molar-refractivity contribution in [3.63, 3.8) is 0 Å². The second-order valence-electron chi connectivity index (χ2n) is 6.05. The van der Waals surface area contributed by atoms with Gasteiger partial charge < -0.3 is 9.30 Å². The molecule has 1 aliphatic heterocycles. The maximum absolute atomic E-state index is 13.1. The van der Waals surface area contributed by atoms with E-state index in [-0.39, 0.29) is 6.04 Å². The van der Waals surface area contributed by atoms with E-state index in [1.54, 1.807) is 23.5 Å². The lowest BCUT2D eigenvalue weighted by Gasteiger charge is -2.26. The summed E-state index contributed by atoms with van der Waals surface area (Å²) in [4.78, 5) is 0.367. The molecular weight excluding hydrogens is 328 g/mol. The molecule has 24 heavy (non-hydrogen) atoms. The minimum absolute atomic E-state index is 0.185. The Morgan fingerprint density at radius 1 is 1.25 bits per heavy atom. The van der Waals surface area contributed by atoms with Gasteiger partial charge in [0.15, 0.2) is 5.82 Å². The fraction of sp³-hybridized carbons (Fsp3) is 0.500. The number of nitrogens with zero attached hydrogens (tertiary/aromatic N) is 4. The van der Waals surface area contributed by atoms with Crippen molar-refractivity contribution in [2.24, 2.45) is 0 Å². The van der Waals surface area contributed by atoms with Gasteiger partial charge in [-0.1, -0.05) is 18.2 Å². The Labute approximate surface area is 142 Å². The summed E-state index contributed by atoms with van der Waals surface area (Å²) in [6, 6.07) is 6.90. The zero-order valence-corrected chi connectivity index (χ0v) is 15.0. The van der Waals surface area contributed by atoms with Crippen molar-refractivity contribution < 1.29 is 13.2 Å². The van der Waals surface area contributed by atoms with Crippen LogP contribution >= 0.6 is 0 Å². The van der Waals surface area contributed by atoms with Crippen LogP contribution in [0.15, 0.2) is 29.2 Å². The normalized spacial score (nSPS) is 19.0. The molecule has 0 fully saturated rings. The number of sulfonamides is 1. The number of benzene rings is 1. The Bertz CT molecular complexity index is 832. The highest BCUT2D eigenvalue weighted by Crippen LogP contribution is 2.25. The standard InChI is InChI=1S/C16H22N4O3S/c1-12-6-4-5-7-14(12)24(21,22)20-9-8-19-15(10-13(20)2)17-18-16(19)11-23-3/h4-7,13H,8-11H2,1-3H3/t13-/m0/s1. The van der Waals surface area contributed by atoms with Crippen molar-refractivity contribution in [2.45, 2.75) is 44.4 Å². The topological polar surface area (TPSA) is 77.3 Å². The van der Waals surface area contributed by atoms with Crippen LogP contribution in [0.25, 0.3) is 0 Å². The lowest BCUT2D eigenvalue weighted by Crippen LogP contribution is -2.40. The zero-order valence-electron chi connectivity index (χ0n) is 14.1. The van der Waals surface area contributed by atoms with Gasteiger partial charge in [0, 0.05) is 32.7 Å². The smallest absolute Gasteiger partial charge is 0.243 e. The van der Waals surface area contributed by atoms with E-state index in [1.807, 2.05) is 30.5 Å². The van der Waals surface area contributed by atoms with E-state index in [0.29, 0.717) is 31.0 Å². The van der Waals surface area contributed by atoms with Gasteiger partial charge in [0.1, 0.15) is 12.4 Å². The van der Waals surface area contributed by atoms with Crippen molar-refractivity contribution in [3.8, 4) is 0 Å². The van der Waals surface area contributed by atoms with Gasteiger partial charge in [-0.3, -0.25) is 0 Å². The van der Waals surface area contributed by atoms with E-state index in [2.05, 4.69) is 10.2 Å². The number of methoxy groups -OCH3 is 1. The molecule has 8 heteroatoms. The molecule has 3 rings (SSSR count). The van der Waals surface area contributed by atoms with E-state index < -0.39 is 10.0 Å². The number of hydrogen-bond donors (Lipinski definition) is 0. The summed E-state index contributed by atoms with van der Waals surface area (Å²) in [6.45, 7) is 5.01. The van der Waals surface area contributed by atoms with E-state index in [9.17, 15) is 8.42 Å². The van der Waals surface area contributed by atoms with Crippen LogP contribution in [0.4, 0.5) is 0 Å². The lowest BCUT2D eigenvalue weighted by molar-refractivity contribution is 0.173. The number of aromatic nitrogens is 3. The Hall–Kier alpha value is -1.77. The number of rotatable bonds is 4. The van der Waals surface area contributed by atoms with Gasteiger partial charge in [-0.05, 0) is 25.5 Å². The molecular formula is C16H22N4O3S. The third kappa shape index (κ3) is 2.97.